The summed E-state index contributed by atoms with van der Waals surface area (Å²) in [5.74, 6) is -1.24. The van der Waals surface area contributed by atoms with Gasteiger partial charge in [-0.15, -0.1) is 0 Å². The summed E-state index contributed by atoms with van der Waals surface area (Å²) in [5.41, 5.74) is 0.382. The molecule has 0 aromatic carbocycles. The van der Waals surface area contributed by atoms with E-state index in [0.717, 1.165) is 19.3 Å². The minimum absolute atomic E-state index is 0.191. The minimum atomic E-state index is -0.340. The number of carbonyl (C=O) groups excluding carboxylic acids is 2. The first-order chi connectivity index (χ1) is 7.87. The number of methoxy groups -OCH3 is 2. The van der Waals surface area contributed by atoms with Gasteiger partial charge in [0, 0.05) is 0 Å². The highest BCUT2D eigenvalue weighted by Crippen LogP contribution is 2.72. The fourth-order valence-electron chi connectivity index (χ4n) is 3.51. The molecule has 4 nitrogen and oxygen atoms in total. The van der Waals surface area contributed by atoms with Crippen molar-refractivity contribution in [3.05, 3.63) is 0 Å². The molecule has 4 heteroatoms. The van der Waals surface area contributed by atoms with Crippen LogP contribution < -0.4 is 0 Å². The van der Waals surface area contributed by atoms with Crippen molar-refractivity contribution in [1.82, 2.24) is 0 Å². The third-order valence-corrected chi connectivity index (χ3v) is 4.95. The van der Waals surface area contributed by atoms with Gasteiger partial charge in [-0.1, -0.05) is 13.8 Å². The minimum Gasteiger partial charge on any atom is -0.469 e. The van der Waals surface area contributed by atoms with Crippen LogP contribution in [0.5, 0.6) is 0 Å². The molecule has 0 unspecified atom stereocenters. The first kappa shape index (κ1) is 12.4. The molecule has 0 aromatic heterocycles. The van der Waals surface area contributed by atoms with Crippen molar-refractivity contribution in [3.63, 3.8) is 0 Å². The maximum absolute atomic E-state index is 11.8. The summed E-state index contributed by atoms with van der Waals surface area (Å²) in [4.78, 5) is 23.6. The van der Waals surface area contributed by atoms with Gasteiger partial charge in [0.25, 0.3) is 0 Å². The van der Waals surface area contributed by atoms with Crippen LogP contribution in [0.4, 0.5) is 0 Å². The van der Waals surface area contributed by atoms with Crippen molar-refractivity contribution in [1.29, 1.82) is 0 Å². The Morgan fingerprint density at radius 3 is 1.59 bits per heavy atom. The van der Waals surface area contributed by atoms with Gasteiger partial charge < -0.3 is 9.47 Å². The molecule has 96 valence electrons. The van der Waals surface area contributed by atoms with Crippen LogP contribution in [0.15, 0.2) is 0 Å². The van der Waals surface area contributed by atoms with Gasteiger partial charge in [0.15, 0.2) is 0 Å². The third-order valence-electron chi connectivity index (χ3n) is 4.95. The van der Waals surface area contributed by atoms with Crippen LogP contribution in [0.2, 0.25) is 0 Å². The molecule has 0 heterocycles. The van der Waals surface area contributed by atoms with Crippen LogP contribution in [0, 0.1) is 22.7 Å². The van der Waals surface area contributed by atoms with E-state index in [1.807, 2.05) is 0 Å². The van der Waals surface area contributed by atoms with Gasteiger partial charge in [0.2, 0.25) is 0 Å². The maximum Gasteiger partial charge on any atom is 0.309 e. The monoisotopic (exact) mass is 240 g/mol. The molecule has 0 radical (unpaired) electrons. The molecule has 2 rings (SSSR count). The molecule has 0 amide bonds. The second kappa shape index (κ2) is 3.72. The predicted molar refractivity (Wildman–Crippen MR) is 61.1 cm³/mol. The summed E-state index contributed by atoms with van der Waals surface area (Å²) < 4.78 is 9.63. The van der Waals surface area contributed by atoms with Crippen molar-refractivity contribution in [2.75, 3.05) is 14.2 Å². The van der Waals surface area contributed by atoms with Gasteiger partial charge in [0.05, 0.1) is 26.1 Å². The first-order valence-corrected chi connectivity index (χ1v) is 6.02. The van der Waals surface area contributed by atoms with E-state index in [-0.39, 0.29) is 34.6 Å². The summed E-state index contributed by atoms with van der Waals surface area (Å²) in [6, 6.07) is 0. The molecule has 0 aromatic rings. The van der Waals surface area contributed by atoms with Crippen LogP contribution in [-0.4, -0.2) is 26.2 Å². The van der Waals surface area contributed by atoms with Crippen molar-refractivity contribution < 1.29 is 19.1 Å². The largest absolute Gasteiger partial charge is 0.469 e. The fourth-order valence-corrected chi connectivity index (χ4v) is 3.51. The molecule has 17 heavy (non-hydrogen) atoms. The highest BCUT2D eigenvalue weighted by Gasteiger charge is 2.67. The number of hydrogen-bond donors (Lipinski definition) is 0. The van der Waals surface area contributed by atoms with Crippen LogP contribution in [0.1, 0.15) is 33.1 Å². The van der Waals surface area contributed by atoms with E-state index in [4.69, 9.17) is 9.47 Å². The second-order valence-electron chi connectivity index (χ2n) is 5.97. The normalized spacial score (nSPS) is 43.5. The van der Waals surface area contributed by atoms with E-state index >= 15 is 0 Å². The van der Waals surface area contributed by atoms with Gasteiger partial charge >= 0.3 is 11.9 Å². The van der Waals surface area contributed by atoms with Gasteiger partial charge in [-0.05, 0) is 30.1 Å². The van der Waals surface area contributed by atoms with Gasteiger partial charge in [0.1, 0.15) is 0 Å². The fraction of sp³-hybridized carbons (Fsp3) is 0.846. The van der Waals surface area contributed by atoms with E-state index in [1.54, 1.807) is 0 Å². The van der Waals surface area contributed by atoms with Crippen molar-refractivity contribution >= 4 is 11.9 Å². The Balaban J connectivity index is 2.22. The van der Waals surface area contributed by atoms with E-state index in [1.165, 1.54) is 14.2 Å². The van der Waals surface area contributed by atoms with E-state index in [0.29, 0.717) is 0 Å². The molecule has 0 N–H and O–H groups in total. The summed E-state index contributed by atoms with van der Waals surface area (Å²) >= 11 is 0. The maximum atomic E-state index is 11.8. The summed E-state index contributed by atoms with van der Waals surface area (Å²) in [7, 11) is 2.75. The molecular formula is C13H20O4. The summed E-state index contributed by atoms with van der Waals surface area (Å²) in [5, 5.41) is 0. The third kappa shape index (κ3) is 1.74. The highest BCUT2D eigenvalue weighted by atomic mass is 16.5. The molecule has 2 aliphatic rings. The lowest BCUT2D eigenvalue weighted by atomic mass is 9.69. The SMILES string of the molecule is COC(=O)[C@H]1C[C@@]2(C)C[C@@]2(C)C[C@@H]1C(=O)OC. The van der Waals surface area contributed by atoms with Crippen LogP contribution >= 0.6 is 0 Å². The summed E-state index contributed by atoms with van der Waals surface area (Å²) in [6.45, 7) is 4.38. The molecular weight excluding hydrogens is 220 g/mol. The average Bonchev–Trinajstić information content (AvgIpc) is 2.87. The van der Waals surface area contributed by atoms with E-state index in [2.05, 4.69) is 13.8 Å². The smallest absolute Gasteiger partial charge is 0.309 e. The summed E-state index contributed by atoms with van der Waals surface area (Å²) in [6.07, 6.45) is 2.55. The average molecular weight is 240 g/mol. The Bertz CT molecular complexity index is 330. The van der Waals surface area contributed by atoms with Gasteiger partial charge in [-0.25, -0.2) is 0 Å². The topological polar surface area (TPSA) is 52.6 Å². The zero-order chi connectivity index (χ0) is 12.8. The molecule has 0 saturated heterocycles. The number of carbonyl (C=O) groups is 2. The number of rotatable bonds is 2. The van der Waals surface area contributed by atoms with Crippen molar-refractivity contribution in [2.24, 2.45) is 22.7 Å². The Kier molecular flexibility index (Phi) is 2.71. The Morgan fingerprint density at radius 1 is 0.941 bits per heavy atom. The van der Waals surface area contributed by atoms with Crippen LogP contribution in [0.25, 0.3) is 0 Å². The Hall–Kier alpha value is -1.06. The van der Waals surface area contributed by atoms with Crippen LogP contribution in [0.3, 0.4) is 0 Å². The highest BCUT2D eigenvalue weighted by molar-refractivity contribution is 5.82. The second-order valence-corrected chi connectivity index (χ2v) is 5.97. The number of hydrogen-bond acceptors (Lipinski definition) is 4. The predicted octanol–water partition coefficient (Wildman–Crippen LogP) is 1.77. The molecule has 0 bridgehead atoms. The van der Waals surface area contributed by atoms with Crippen molar-refractivity contribution in [3.8, 4) is 0 Å². The quantitative estimate of drug-likeness (QED) is 0.690. The Morgan fingerprint density at radius 2 is 1.29 bits per heavy atom. The van der Waals surface area contributed by atoms with Crippen molar-refractivity contribution in [2.45, 2.75) is 33.1 Å². The van der Waals surface area contributed by atoms with Gasteiger partial charge in [-0.2, -0.15) is 0 Å². The molecule has 2 saturated carbocycles. The first-order valence-electron chi connectivity index (χ1n) is 6.02. The Labute approximate surface area is 102 Å². The molecule has 0 spiro atoms. The lowest BCUT2D eigenvalue weighted by Crippen LogP contribution is -2.39. The zero-order valence-electron chi connectivity index (χ0n) is 10.9. The molecule has 2 fully saturated rings. The molecule has 4 atom stereocenters. The molecule has 2 aliphatic carbocycles. The number of fused-ring (bicyclic) bond motifs is 1. The van der Waals surface area contributed by atoms with Gasteiger partial charge in [-0.3, -0.25) is 9.59 Å². The molecule has 0 aliphatic heterocycles. The standard InChI is InChI=1S/C13H20O4/c1-12-5-8(10(14)16-3)9(11(15)17-4)6-13(12,2)7-12/h8-9H,5-7H2,1-4H3/t8-,9-,12-,13+/m0/s1. The van der Waals surface area contributed by atoms with E-state index in [9.17, 15) is 9.59 Å². The number of ether oxygens (including phenoxy) is 2. The van der Waals surface area contributed by atoms with E-state index < -0.39 is 0 Å². The lowest BCUT2D eigenvalue weighted by Gasteiger charge is -2.35. The lowest BCUT2D eigenvalue weighted by molar-refractivity contribution is -0.161. The van der Waals surface area contributed by atoms with Crippen LogP contribution in [-0.2, 0) is 19.1 Å². The number of esters is 2. The zero-order valence-corrected chi connectivity index (χ0v) is 10.9.